The normalized spacial score (nSPS) is 24.6. The zero-order chi connectivity index (χ0) is 16.1. The summed E-state index contributed by atoms with van der Waals surface area (Å²) in [6, 6.07) is 5.17. The van der Waals surface area contributed by atoms with Gasteiger partial charge in [-0.1, -0.05) is 26.7 Å². The van der Waals surface area contributed by atoms with E-state index in [9.17, 15) is 14.0 Å². The fourth-order valence-corrected chi connectivity index (χ4v) is 2.83. The van der Waals surface area contributed by atoms with Crippen LogP contribution in [0.5, 0.6) is 0 Å². The summed E-state index contributed by atoms with van der Waals surface area (Å²) in [4.78, 5) is 23.6. The first-order valence-electron chi connectivity index (χ1n) is 7.69. The third-order valence-corrected chi connectivity index (χ3v) is 4.47. The zero-order valence-corrected chi connectivity index (χ0v) is 13.0. The monoisotopic (exact) mass is 307 g/mol. The minimum absolute atomic E-state index is 0.140. The molecule has 0 radical (unpaired) electrons. The Balaban J connectivity index is 1.80. The molecule has 0 spiro atoms. The van der Waals surface area contributed by atoms with Gasteiger partial charge in [0, 0.05) is 6.04 Å². The smallest absolute Gasteiger partial charge is 0.338 e. The topological polar surface area (TPSA) is 55.4 Å². The van der Waals surface area contributed by atoms with Gasteiger partial charge in [-0.15, -0.1) is 0 Å². The molecule has 1 N–H and O–H groups in total. The molecule has 0 bridgehead atoms. The maximum atomic E-state index is 12.8. The Morgan fingerprint density at radius 1 is 1.23 bits per heavy atom. The average molecular weight is 307 g/mol. The van der Waals surface area contributed by atoms with Crippen LogP contribution >= 0.6 is 0 Å². The number of carbonyl (C=O) groups excluding carboxylic acids is 2. The Bertz CT molecular complexity index is 529. The number of ether oxygens (including phenoxy) is 1. The third kappa shape index (κ3) is 4.29. The molecular weight excluding hydrogens is 285 g/mol. The van der Waals surface area contributed by atoms with Crippen molar-refractivity contribution >= 4 is 11.9 Å². The summed E-state index contributed by atoms with van der Waals surface area (Å²) in [5.74, 6) is -0.331. The fraction of sp³-hybridized carbons (Fsp3) is 0.529. The summed E-state index contributed by atoms with van der Waals surface area (Å²) in [5, 5.41) is 2.94. The average Bonchev–Trinajstić information content (AvgIpc) is 2.50. The van der Waals surface area contributed by atoms with Gasteiger partial charge in [0.1, 0.15) is 5.82 Å². The largest absolute Gasteiger partial charge is 0.452 e. The summed E-state index contributed by atoms with van der Waals surface area (Å²) < 4.78 is 17.7. The summed E-state index contributed by atoms with van der Waals surface area (Å²) in [5.41, 5.74) is 0.230. The lowest BCUT2D eigenvalue weighted by Crippen LogP contribution is -2.45. The van der Waals surface area contributed by atoms with E-state index in [0.717, 1.165) is 12.8 Å². The van der Waals surface area contributed by atoms with Gasteiger partial charge in [0.05, 0.1) is 5.56 Å². The third-order valence-electron chi connectivity index (χ3n) is 4.47. The van der Waals surface area contributed by atoms with E-state index in [1.54, 1.807) is 0 Å². The van der Waals surface area contributed by atoms with E-state index in [-0.39, 0.29) is 24.1 Å². The van der Waals surface area contributed by atoms with Crippen molar-refractivity contribution in [3.63, 3.8) is 0 Å². The van der Waals surface area contributed by atoms with Crippen molar-refractivity contribution in [1.82, 2.24) is 5.32 Å². The summed E-state index contributed by atoms with van der Waals surface area (Å²) >= 11 is 0. The van der Waals surface area contributed by atoms with E-state index in [2.05, 4.69) is 19.2 Å². The van der Waals surface area contributed by atoms with E-state index in [0.29, 0.717) is 11.8 Å². The summed E-state index contributed by atoms with van der Waals surface area (Å²) in [7, 11) is 0. The molecule has 0 aromatic heterocycles. The molecule has 1 saturated carbocycles. The molecule has 120 valence electrons. The molecule has 1 aromatic carbocycles. The van der Waals surface area contributed by atoms with Crippen LogP contribution in [0.2, 0.25) is 0 Å². The van der Waals surface area contributed by atoms with Crippen molar-refractivity contribution in [2.24, 2.45) is 11.8 Å². The first-order chi connectivity index (χ1) is 10.5. The van der Waals surface area contributed by atoms with Crippen LogP contribution in [-0.2, 0) is 9.53 Å². The van der Waals surface area contributed by atoms with Gasteiger partial charge in [0.2, 0.25) is 0 Å². The van der Waals surface area contributed by atoms with Gasteiger partial charge in [0.25, 0.3) is 5.91 Å². The van der Waals surface area contributed by atoms with Crippen LogP contribution in [0.15, 0.2) is 24.3 Å². The summed E-state index contributed by atoms with van der Waals surface area (Å²) in [6.07, 6.45) is 3.25. The van der Waals surface area contributed by atoms with Crippen LogP contribution < -0.4 is 5.32 Å². The second-order valence-corrected chi connectivity index (χ2v) is 6.02. The minimum atomic E-state index is -0.625. The van der Waals surface area contributed by atoms with Crippen LogP contribution in [0.1, 0.15) is 43.5 Å². The van der Waals surface area contributed by atoms with Crippen molar-refractivity contribution in [3.8, 4) is 0 Å². The molecule has 4 nitrogen and oxygen atoms in total. The molecule has 1 amide bonds. The quantitative estimate of drug-likeness (QED) is 0.870. The molecule has 3 atom stereocenters. The highest BCUT2D eigenvalue weighted by Crippen LogP contribution is 2.29. The number of hydrogen-bond acceptors (Lipinski definition) is 3. The van der Waals surface area contributed by atoms with Crippen LogP contribution in [0.4, 0.5) is 4.39 Å². The van der Waals surface area contributed by atoms with Gasteiger partial charge in [-0.05, 0) is 42.5 Å². The van der Waals surface area contributed by atoms with E-state index in [1.807, 2.05) is 0 Å². The molecule has 1 fully saturated rings. The van der Waals surface area contributed by atoms with Crippen LogP contribution in [0, 0.1) is 17.7 Å². The highest BCUT2D eigenvalue weighted by Gasteiger charge is 2.28. The standard InChI is InChI=1S/C17H22FNO3/c1-11-4-3-5-15(12(11)2)19-16(20)10-22-17(21)13-6-8-14(18)9-7-13/h6-9,11-12,15H,3-5,10H2,1-2H3,(H,19,20)/t11-,12-,15-/m1/s1. The molecule has 0 saturated heterocycles. The van der Waals surface area contributed by atoms with Crippen LogP contribution in [0.3, 0.4) is 0 Å². The number of hydrogen-bond donors (Lipinski definition) is 1. The number of nitrogens with one attached hydrogen (secondary N) is 1. The van der Waals surface area contributed by atoms with Gasteiger partial charge < -0.3 is 10.1 Å². The van der Waals surface area contributed by atoms with Gasteiger partial charge >= 0.3 is 5.97 Å². The molecule has 0 heterocycles. The van der Waals surface area contributed by atoms with Gasteiger partial charge in [-0.25, -0.2) is 9.18 Å². The molecule has 1 aromatic rings. The Kier molecular flexibility index (Phi) is 5.52. The molecule has 22 heavy (non-hydrogen) atoms. The number of carbonyl (C=O) groups is 2. The highest BCUT2D eigenvalue weighted by atomic mass is 19.1. The molecular formula is C17H22FNO3. The predicted molar refractivity (Wildman–Crippen MR) is 80.8 cm³/mol. The minimum Gasteiger partial charge on any atom is -0.452 e. The number of halogens is 1. The van der Waals surface area contributed by atoms with Crippen molar-refractivity contribution in [2.45, 2.75) is 39.2 Å². The molecule has 1 aliphatic rings. The second-order valence-electron chi connectivity index (χ2n) is 6.02. The Morgan fingerprint density at radius 3 is 2.59 bits per heavy atom. The van der Waals surface area contributed by atoms with E-state index < -0.39 is 11.8 Å². The highest BCUT2D eigenvalue weighted by molar-refractivity contribution is 5.91. The number of esters is 1. The molecule has 0 unspecified atom stereocenters. The SMILES string of the molecule is C[C@@H]1[C@H](C)CCC[C@H]1NC(=O)COC(=O)c1ccc(F)cc1. The van der Waals surface area contributed by atoms with E-state index in [1.165, 1.54) is 30.7 Å². The van der Waals surface area contributed by atoms with Crippen molar-refractivity contribution in [3.05, 3.63) is 35.6 Å². The summed E-state index contributed by atoms with van der Waals surface area (Å²) in [6.45, 7) is 4.02. The lowest BCUT2D eigenvalue weighted by atomic mass is 9.78. The first kappa shape index (κ1) is 16.5. The van der Waals surface area contributed by atoms with Crippen molar-refractivity contribution in [2.75, 3.05) is 6.61 Å². The second kappa shape index (κ2) is 7.38. The van der Waals surface area contributed by atoms with E-state index in [4.69, 9.17) is 4.74 Å². The van der Waals surface area contributed by atoms with Crippen LogP contribution in [0.25, 0.3) is 0 Å². The Labute approximate surface area is 130 Å². The Morgan fingerprint density at radius 2 is 1.91 bits per heavy atom. The predicted octanol–water partition coefficient (Wildman–Crippen LogP) is 2.92. The first-order valence-corrected chi connectivity index (χ1v) is 7.69. The van der Waals surface area contributed by atoms with Crippen molar-refractivity contribution in [1.29, 1.82) is 0 Å². The molecule has 2 rings (SSSR count). The zero-order valence-electron chi connectivity index (χ0n) is 13.0. The van der Waals surface area contributed by atoms with Gasteiger partial charge in [0.15, 0.2) is 6.61 Å². The molecule has 0 aliphatic heterocycles. The maximum Gasteiger partial charge on any atom is 0.338 e. The lowest BCUT2D eigenvalue weighted by Gasteiger charge is -2.34. The number of benzene rings is 1. The fourth-order valence-electron chi connectivity index (χ4n) is 2.83. The van der Waals surface area contributed by atoms with Gasteiger partial charge in [-0.2, -0.15) is 0 Å². The van der Waals surface area contributed by atoms with Crippen LogP contribution in [-0.4, -0.2) is 24.5 Å². The number of amides is 1. The van der Waals surface area contributed by atoms with Crippen molar-refractivity contribution < 1.29 is 18.7 Å². The maximum absolute atomic E-state index is 12.8. The Hall–Kier alpha value is -1.91. The van der Waals surface area contributed by atoms with E-state index >= 15 is 0 Å². The molecule has 5 heteroatoms. The molecule has 1 aliphatic carbocycles. The van der Waals surface area contributed by atoms with Gasteiger partial charge in [-0.3, -0.25) is 4.79 Å². The lowest BCUT2D eigenvalue weighted by molar-refractivity contribution is -0.125. The number of rotatable bonds is 4.